The monoisotopic (exact) mass is 1380 g/mol. The zero-order chi connectivity index (χ0) is 72.6. The van der Waals surface area contributed by atoms with Gasteiger partial charge in [0.1, 0.15) is 71.9 Å². The number of ketones is 3. The number of nitrogens with zero attached hydrogens (tertiary/aromatic N) is 2. The van der Waals surface area contributed by atoms with Crippen molar-refractivity contribution in [3.8, 4) is 5.75 Å². The molecule has 4 heterocycles. The van der Waals surface area contributed by atoms with E-state index in [4.69, 9.17) is 48.4 Å². The molecule has 8 rings (SSSR count). The van der Waals surface area contributed by atoms with E-state index in [1.54, 1.807) is 59.7 Å². The second kappa shape index (κ2) is 31.6. The molecule has 1 aromatic rings. The predicted molar refractivity (Wildman–Crippen MR) is 342 cm³/mol. The number of ether oxygens (including phenoxy) is 9. The normalized spacial score (nSPS) is 42.5. The third-order valence-electron chi connectivity index (χ3n) is 20.4. The van der Waals surface area contributed by atoms with Crippen LogP contribution in [0.2, 0.25) is 0 Å². The van der Waals surface area contributed by atoms with E-state index < -0.39 is 221 Å². The van der Waals surface area contributed by atoms with Gasteiger partial charge in [0.05, 0.1) is 95.9 Å². The second-order valence-electron chi connectivity index (χ2n) is 27.8. The van der Waals surface area contributed by atoms with E-state index in [0.717, 1.165) is 6.29 Å². The lowest BCUT2D eigenvalue weighted by Crippen LogP contribution is -2.71. The summed E-state index contributed by atoms with van der Waals surface area (Å²) in [6, 6.07) is 1.75. The Balaban J connectivity index is 0.000000334. The van der Waals surface area contributed by atoms with Crippen molar-refractivity contribution in [1.29, 1.82) is 0 Å². The van der Waals surface area contributed by atoms with Crippen LogP contribution in [0.25, 0.3) is 5.76 Å². The fourth-order valence-corrected chi connectivity index (χ4v) is 15.1. The van der Waals surface area contributed by atoms with Crippen LogP contribution in [0, 0.1) is 35.5 Å². The van der Waals surface area contributed by atoms with Crippen molar-refractivity contribution in [2.24, 2.45) is 41.2 Å². The Hall–Kier alpha value is -5.52. The molecule has 544 valence electrons. The lowest BCUT2D eigenvalue weighted by molar-refractivity contribution is -0.341. The maximum absolute atomic E-state index is 13.8. The van der Waals surface area contributed by atoms with Crippen molar-refractivity contribution >= 4 is 41.3 Å². The van der Waals surface area contributed by atoms with Crippen LogP contribution in [0.15, 0.2) is 58.9 Å². The molecule has 1 aromatic carbocycles. The highest BCUT2D eigenvalue weighted by molar-refractivity contribution is 6.24. The zero-order valence-electron chi connectivity index (χ0n) is 57.7. The van der Waals surface area contributed by atoms with Gasteiger partial charge in [0.15, 0.2) is 36.0 Å². The number of carbonyl (C=O) groups excluding carboxylic acids is 6. The molecule has 1 amide bonds. The molecule has 0 radical (unpaired) electrons. The minimum atomic E-state index is -3.02. The number of Topliss-reactive ketones (excluding diaryl/α,β-unsaturated/α-hetero) is 2. The number of aldehydes is 1. The highest BCUT2D eigenvalue weighted by Crippen LogP contribution is 2.57. The van der Waals surface area contributed by atoms with Gasteiger partial charge in [0.25, 0.3) is 5.91 Å². The number of methoxy groups -OCH3 is 2. The lowest BCUT2D eigenvalue weighted by Gasteiger charge is -2.55. The molecule has 13 N–H and O–H groups in total. The first-order valence-corrected chi connectivity index (χ1v) is 32.8. The van der Waals surface area contributed by atoms with Crippen LogP contribution in [-0.2, 0) is 77.0 Å². The van der Waals surface area contributed by atoms with Gasteiger partial charge in [0.2, 0.25) is 5.78 Å². The van der Waals surface area contributed by atoms with Gasteiger partial charge < -0.3 is 114 Å². The molecule has 27 atom stereocenters. The van der Waals surface area contributed by atoms with E-state index in [0.29, 0.717) is 12.0 Å². The van der Waals surface area contributed by atoms with Crippen molar-refractivity contribution in [1.82, 2.24) is 9.80 Å². The first kappa shape index (κ1) is 78.8. The fraction of sp³-hybridized carbons (Fsp3) is 0.706. The van der Waals surface area contributed by atoms with Gasteiger partial charge in [-0.05, 0) is 106 Å². The summed E-state index contributed by atoms with van der Waals surface area (Å²) in [7, 11) is 9.23. The summed E-state index contributed by atoms with van der Waals surface area (Å²) in [6.45, 7) is 14.9. The molecule has 4 fully saturated rings. The van der Waals surface area contributed by atoms with E-state index in [-0.39, 0.29) is 42.8 Å². The van der Waals surface area contributed by atoms with Crippen LogP contribution in [0.3, 0.4) is 0 Å². The summed E-state index contributed by atoms with van der Waals surface area (Å²) in [5.74, 6) is -13.3. The summed E-state index contributed by atoms with van der Waals surface area (Å²) < 4.78 is 54.7. The molecule has 3 saturated heterocycles. The number of likely N-dealkylation sites (N-methyl/N-ethyl adjacent to an activating group) is 2. The maximum Gasteiger partial charge on any atom is 0.308 e. The molecule has 0 unspecified atom stereocenters. The SMILES string of the molecule is CC[C@H]1OC(=O)C[C@@H](O)[C@H](C)[C@@H](O[C@@H]2O[C@H](C)[C@@H](O[C@H]3C[C@@](C)(O)[C@@H](O)[C@H](C)O3)[C@H](N(C)C)[C@H]2O)[C@@H](CC=O)C[C@@H](C)C(=O)/C=C/C(C)=C/[C@@H]1CO[C@@H]1O[C@H](C)[C@@H](O)[C@@H](OC)[C@H]1OC.CN(C)[C@@H]1C(=O)C(C(N)=O)=C(O)[C@@]2(O)C(=O)C3=C(O)c4c(O)cccc4[C@@](C)(O)[C@H]3[C@H](O)[C@@H]12. The van der Waals surface area contributed by atoms with Crippen LogP contribution < -0.4 is 5.73 Å². The van der Waals surface area contributed by atoms with Gasteiger partial charge >= 0.3 is 5.97 Å². The Morgan fingerprint density at radius 3 is 2.01 bits per heavy atom. The number of hydrogen-bond acceptors (Lipinski definition) is 28. The predicted octanol–water partition coefficient (Wildman–Crippen LogP) is 0.433. The molecule has 0 aromatic heterocycles. The van der Waals surface area contributed by atoms with Gasteiger partial charge in [-0.2, -0.15) is 0 Å². The van der Waals surface area contributed by atoms with Gasteiger partial charge in [-0.15, -0.1) is 0 Å². The first-order chi connectivity index (χ1) is 45.3. The molecule has 3 aliphatic carbocycles. The van der Waals surface area contributed by atoms with Crippen molar-refractivity contribution in [2.75, 3.05) is 49.0 Å². The number of esters is 1. The Bertz CT molecular complexity index is 3150. The summed E-state index contributed by atoms with van der Waals surface area (Å²) in [5, 5.41) is 122. The number of rotatable bonds is 15. The van der Waals surface area contributed by atoms with Crippen molar-refractivity contribution in [3.63, 3.8) is 0 Å². The summed E-state index contributed by atoms with van der Waals surface area (Å²) in [4.78, 5) is 81.5. The molecule has 29 nitrogen and oxygen atoms in total. The third kappa shape index (κ3) is 15.7. The summed E-state index contributed by atoms with van der Waals surface area (Å²) >= 11 is 0. The number of phenols is 1. The number of cyclic esters (lactones) is 1. The Kier molecular flexibility index (Phi) is 25.7. The van der Waals surface area contributed by atoms with Crippen LogP contribution >= 0.6 is 0 Å². The van der Waals surface area contributed by atoms with E-state index in [1.165, 1.54) is 71.3 Å². The van der Waals surface area contributed by atoms with Crippen LogP contribution in [-0.4, -0.2) is 272 Å². The van der Waals surface area contributed by atoms with E-state index in [2.05, 4.69) is 0 Å². The van der Waals surface area contributed by atoms with E-state index >= 15 is 0 Å². The second-order valence-corrected chi connectivity index (χ2v) is 27.8. The van der Waals surface area contributed by atoms with Crippen molar-refractivity contribution < 1.29 is 128 Å². The molecule has 1 saturated carbocycles. The molecule has 29 heteroatoms. The topological polar surface area (TPSA) is 441 Å². The number of carbonyl (C=O) groups is 6. The highest BCUT2D eigenvalue weighted by atomic mass is 16.7. The zero-order valence-corrected chi connectivity index (χ0v) is 57.7. The van der Waals surface area contributed by atoms with Gasteiger partial charge in [-0.25, -0.2) is 0 Å². The average Bonchev–Trinajstić information content (AvgIpc) is 0.682. The number of allylic oxidation sites excluding steroid dienone is 3. The molecule has 0 spiro atoms. The standard InChI is InChI=1S/C46H77NO17.C22H24N2O9/c1-13-33-30(22-58-45-42(57-12)41(56-11)37(52)26(5)60-45)18-23(2)14-15-31(49)24(3)19-29(16-17-48)39(25(4)32(50)20-34(51)62-33)64-44-38(53)36(47(9)10)40(27(6)61-44)63-35-21-46(8,55)43(54)28(7)59-35;1-21(32)7-5-4-6-8(25)9(7)15(26)10-12(21)17(28)13-14(24(2)3)16(27)11(20(23)31)19(30)22(13,33)18(10)29/h14-15,17-18,24-30,32-33,35-45,50,52-55H,13,16,19-22H2,1-12H3;4-6,12-14,17,25-26,28,30,32-33H,1-3H3,(H2,23,31)/b15-14+,23-18+;/t24-,25+,26-,27-,28+,29+,30-,32-,33-,35+,36-,37-,38-,39-,40-,41-,42-,43+,44+,45-,46-;12-,13-,14+,17+,21-,22+/m11/s1. The third-order valence-corrected chi connectivity index (χ3v) is 20.4. The number of nitrogens with two attached hydrogens (primary N) is 1. The lowest BCUT2D eigenvalue weighted by atomic mass is 9.53. The van der Waals surface area contributed by atoms with Crippen molar-refractivity contribution in [2.45, 2.75) is 222 Å². The number of fused-ring (bicyclic) bond motifs is 3. The first-order valence-electron chi connectivity index (χ1n) is 32.8. The molecule has 97 heavy (non-hydrogen) atoms. The minimum Gasteiger partial charge on any atom is -0.508 e. The Labute approximate surface area is 564 Å². The minimum absolute atomic E-state index is 0.00664. The molecule has 0 bridgehead atoms. The number of primary amides is 1. The van der Waals surface area contributed by atoms with Gasteiger partial charge in [-0.3, -0.25) is 28.9 Å². The number of amides is 1. The van der Waals surface area contributed by atoms with Gasteiger partial charge in [-0.1, -0.05) is 50.6 Å². The number of aliphatic hydroxyl groups excluding tert-OH is 7. The van der Waals surface area contributed by atoms with Crippen LogP contribution in [0.5, 0.6) is 5.75 Å². The van der Waals surface area contributed by atoms with E-state index in [1.807, 2.05) is 19.9 Å². The fourth-order valence-electron chi connectivity index (χ4n) is 15.1. The number of benzene rings is 1. The summed E-state index contributed by atoms with van der Waals surface area (Å²) in [6.07, 6.45) is -10.4. The smallest absolute Gasteiger partial charge is 0.308 e. The van der Waals surface area contributed by atoms with Crippen LogP contribution in [0.4, 0.5) is 0 Å². The quantitative estimate of drug-likeness (QED) is 0.0644. The maximum atomic E-state index is 13.8. The number of phenolic OH excluding ortho intramolecular Hbond substituents is 1. The highest BCUT2D eigenvalue weighted by Gasteiger charge is 2.70. The summed E-state index contributed by atoms with van der Waals surface area (Å²) in [5.41, 5.74) is -2.58. The Morgan fingerprint density at radius 1 is 0.794 bits per heavy atom. The number of hydrogen-bond donors (Lipinski definition) is 12. The Morgan fingerprint density at radius 2 is 1.43 bits per heavy atom. The van der Waals surface area contributed by atoms with Crippen LogP contribution in [0.1, 0.15) is 106 Å². The largest absolute Gasteiger partial charge is 0.508 e. The molecule has 4 aliphatic heterocycles. The van der Waals surface area contributed by atoms with Crippen molar-refractivity contribution in [3.05, 3.63) is 70.0 Å². The number of aromatic hydroxyl groups is 1. The average molecular weight is 1380 g/mol. The van der Waals surface area contributed by atoms with E-state index in [9.17, 15) is 84.9 Å². The number of aliphatic hydroxyl groups is 10. The molecular formula is C68H101N3O26. The van der Waals surface area contributed by atoms with Gasteiger partial charge in [0, 0.05) is 44.8 Å². The molecular weight excluding hydrogens is 1270 g/mol. The molecule has 7 aliphatic rings.